The summed E-state index contributed by atoms with van der Waals surface area (Å²) in [6.07, 6.45) is -2.38. The molecular weight excluding hydrogens is 712 g/mol. The summed E-state index contributed by atoms with van der Waals surface area (Å²) >= 11 is 0. The topological polar surface area (TPSA) is 193 Å². The Bertz CT molecular complexity index is 1640. The molecule has 0 bridgehead atoms. The normalized spacial score (nSPS) is 12.7. The SMILES string of the molecule is Cc1cc(=O)oc2cc(OC(O)COCCOCCOCCOCCOCCOCCOCCOCC(O)Oc3ccc4c(C)cc(=O)oc4c3)ccc12. The van der Waals surface area contributed by atoms with E-state index in [2.05, 4.69) is 0 Å². The molecule has 0 aliphatic rings. The van der Waals surface area contributed by atoms with E-state index in [1.54, 1.807) is 36.4 Å². The number of hydrogen-bond donors (Lipinski definition) is 2. The smallest absolute Gasteiger partial charge is 0.336 e. The maximum atomic E-state index is 11.6. The molecule has 0 radical (unpaired) electrons. The molecule has 2 unspecified atom stereocenters. The lowest BCUT2D eigenvalue weighted by atomic mass is 10.1. The molecule has 298 valence electrons. The molecule has 4 aromatic rings. The first kappa shape index (κ1) is 42.8. The maximum absolute atomic E-state index is 11.6. The van der Waals surface area contributed by atoms with E-state index in [4.69, 9.17) is 56.2 Å². The van der Waals surface area contributed by atoms with Gasteiger partial charge in [-0.05, 0) is 49.2 Å². The Kier molecular flexibility index (Phi) is 19.4. The predicted octanol–water partition coefficient (Wildman–Crippen LogP) is 2.74. The average Bonchev–Trinajstić information content (AvgIpc) is 3.13. The lowest BCUT2D eigenvalue weighted by molar-refractivity contribution is -0.0864. The summed E-state index contributed by atoms with van der Waals surface area (Å²) < 4.78 is 64.8. The largest absolute Gasteiger partial charge is 0.462 e. The van der Waals surface area contributed by atoms with Crippen LogP contribution >= 0.6 is 0 Å². The number of hydrogen-bond acceptors (Lipinski definition) is 16. The van der Waals surface area contributed by atoms with E-state index >= 15 is 0 Å². The van der Waals surface area contributed by atoms with Crippen molar-refractivity contribution < 1.29 is 66.4 Å². The summed E-state index contributed by atoms with van der Waals surface area (Å²) in [5, 5.41) is 21.7. The van der Waals surface area contributed by atoms with Crippen LogP contribution in [-0.4, -0.2) is 129 Å². The van der Waals surface area contributed by atoms with Gasteiger partial charge in [0.25, 0.3) is 0 Å². The monoisotopic (exact) mass is 762 g/mol. The van der Waals surface area contributed by atoms with Crippen LogP contribution in [0.2, 0.25) is 0 Å². The van der Waals surface area contributed by atoms with Crippen molar-refractivity contribution >= 4 is 21.9 Å². The third-order valence-electron chi connectivity index (χ3n) is 7.51. The van der Waals surface area contributed by atoms with Gasteiger partial charge < -0.3 is 66.4 Å². The first-order valence-electron chi connectivity index (χ1n) is 17.7. The fourth-order valence-corrected chi connectivity index (χ4v) is 4.94. The summed E-state index contributed by atoms with van der Waals surface area (Å²) in [5.74, 6) is 0.719. The van der Waals surface area contributed by atoms with Gasteiger partial charge >= 0.3 is 11.3 Å². The van der Waals surface area contributed by atoms with Gasteiger partial charge in [-0.2, -0.15) is 0 Å². The molecule has 4 rings (SSSR count). The van der Waals surface area contributed by atoms with Gasteiger partial charge in [0.2, 0.25) is 12.6 Å². The molecule has 0 saturated carbocycles. The lowest BCUT2D eigenvalue weighted by Gasteiger charge is -2.14. The molecule has 0 spiro atoms. The second kappa shape index (κ2) is 24.5. The van der Waals surface area contributed by atoms with Crippen LogP contribution in [0.3, 0.4) is 0 Å². The first-order valence-corrected chi connectivity index (χ1v) is 17.7. The van der Waals surface area contributed by atoms with E-state index < -0.39 is 23.8 Å². The van der Waals surface area contributed by atoms with Gasteiger partial charge in [-0.1, -0.05) is 0 Å². The van der Waals surface area contributed by atoms with Crippen LogP contribution in [-0.2, 0) is 37.9 Å². The average molecular weight is 763 g/mol. The van der Waals surface area contributed by atoms with Crippen molar-refractivity contribution in [3.05, 3.63) is 80.5 Å². The minimum absolute atomic E-state index is 0.0536. The number of fused-ring (bicyclic) bond motifs is 2. The molecule has 54 heavy (non-hydrogen) atoms. The van der Waals surface area contributed by atoms with Crippen molar-refractivity contribution in [3.63, 3.8) is 0 Å². The van der Waals surface area contributed by atoms with Crippen molar-refractivity contribution in [2.45, 2.75) is 26.4 Å². The maximum Gasteiger partial charge on any atom is 0.336 e. The van der Waals surface area contributed by atoms with Crippen LogP contribution in [0, 0.1) is 13.8 Å². The molecule has 2 aromatic heterocycles. The number of aryl methyl sites for hydroxylation is 2. The van der Waals surface area contributed by atoms with Crippen LogP contribution in [0.25, 0.3) is 21.9 Å². The van der Waals surface area contributed by atoms with Crippen LogP contribution in [0.4, 0.5) is 0 Å². The predicted molar refractivity (Wildman–Crippen MR) is 194 cm³/mol. The summed E-state index contributed by atoms with van der Waals surface area (Å²) in [7, 11) is 0. The Hall–Kier alpha value is -3.94. The van der Waals surface area contributed by atoms with Gasteiger partial charge in [-0.15, -0.1) is 0 Å². The number of rotatable bonds is 29. The van der Waals surface area contributed by atoms with Crippen LogP contribution < -0.4 is 20.7 Å². The summed E-state index contributed by atoms with van der Waals surface area (Å²) in [5.41, 5.74) is 1.48. The van der Waals surface area contributed by atoms with E-state index in [9.17, 15) is 19.8 Å². The van der Waals surface area contributed by atoms with Crippen molar-refractivity contribution in [1.82, 2.24) is 0 Å². The van der Waals surface area contributed by atoms with Gasteiger partial charge in [-0.25, -0.2) is 9.59 Å². The second-order valence-electron chi connectivity index (χ2n) is 11.8. The summed E-state index contributed by atoms with van der Waals surface area (Å²) in [4.78, 5) is 23.2. The molecule has 0 aliphatic carbocycles. The van der Waals surface area contributed by atoms with Crippen molar-refractivity contribution in [1.29, 1.82) is 0 Å². The standard InChI is InChI=1S/C38H50O16/c1-27-21-35(39)53-33-23-29(3-5-31(27)33)51-37(41)25-49-19-17-47-15-13-45-11-9-43-7-8-44-10-12-46-14-16-48-18-20-50-26-38(42)52-30-4-6-32-28(2)22-36(40)54-34(32)24-30/h3-6,21-24,37-38,41-42H,7-20,25-26H2,1-2H3. The first-order chi connectivity index (χ1) is 26.3. The highest BCUT2D eigenvalue weighted by atomic mass is 16.6. The van der Waals surface area contributed by atoms with Gasteiger partial charge in [0.1, 0.15) is 35.9 Å². The van der Waals surface area contributed by atoms with Crippen LogP contribution in [0.5, 0.6) is 11.5 Å². The Labute approximate surface area is 312 Å². The fourth-order valence-electron chi connectivity index (χ4n) is 4.94. The molecule has 0 fully saturated rings. The Balaban J connectivity index is 0.840. The summed E-state index contributed by atoms with van der Waals surface area (Å²) in [6.45, 7) is 8.93. The van der Waals surface area contributed by atoms with E-state index in [0.717, 1.165) is 21.9 Å². The Morgan fingerprint density at radius 3 is 1.07 bits per heavy atom. The van der Waals surface area contributed by atoms with Gasteiger partial charge in [0.05, 0.1) is 92.5 Å². The molecule has 2 heterocycles. The molecule has 16 nitrogen and oxygen atoms in total. The molecule has 2 aromatic carbocycles. The van der Waals surface area contributed by atoms with Gasteiger partial charge in [0, 0.05) is 35.0 Å². The number of aliphatic hydroxyl groups excluding tert-OH is 2. The zero-order valence-electron chi connectivity index (χ0n) is 30.7. The van der Waals surface area contributed by atoms with Crippen LogP contribution in [0.15, 0.2) is 67.0 Å². The summed E-state index contributed by atoms with van der Waals surface area (Å²) in [6, 6.07) is 12.9. The van der Waals surface area contributed by atoms with Crippen LogP contribution in [0.1, 0.15) is 11.1 Å². The van der Waals surface area contributed by atoms with Crippen molar-refractivity contribution in [2.75, 3.05) is 106 Å². The Morgan fingerprint density at radius 2 is 0.759 bits per heavy atom. The fraction of sp³-hybridized carbons (Fsp3) is 0.526. The highest BCUT2D eigenvalue weighted by Crippen LogP contribution is 2.24. The highest BCUT2D eigenvalue weighted by molar-refractivity contribution is 5.82. The van der Waals surface area contributed by atoms with E-state index in [1.807, 2.05) is 13.8 Å². The van der Waals surface area contributed by atoms with E-state index in [1.165, 1.54) is 12.1 Å². The van der Waals surface area contributed by atoms with E-state index in [0.29, 0.717) is 102 Å². The molecule has 16 heteroatoms. The zero-order valence-corrected chi connectivity index (χ0v) is 30.7. The third-order valence-corrected chi connectivity index (χ3v) is 7.51. The highest BCUT2D eigenvalue weighted by Gasteiger charge is 2.11. The molecular formula is C38H50O16. The number of aliphatic hydroxyl groups is 2. The minimum Gasteiger partial charge on any atom is -0.462 e. The Morgan fingerprint density at radius 1 is 0.463 bits per heavy atom. The lowest BCUT2D eigenvalue weighted by Crippen LogP contribution is -2.23. The van der Waals surface area contributed by atoms with Crippen molar-refractivity contribution in [2.24, 2.45) is 0 Å². The molecule has 0 saturated heterocycles. The quantitative estimate of drug-likeness (QED) is 0.0466. The third kappa shape index (κ3) is 16.2. The molecule has 0 amide bonds. The minimum atomic E-state index is -1.19. The molecule has 2 atom stereocenters. The zero-order chi connectivity index (χ0) is 38.4. The van der Waals surface area contributed by atoms with Gasteiger partial charge in [-0.3, -0.25) is 0 Å². The molecule has 0 aliphatic heterocycles. The van der Waals surface area contributed by atoms with E-state index in [-0.39, 0.29) is 26.4 Å². The number of benzene rings is 2. The number of ether oxygens (including phenoxy) is 10. The second-order valence-corrected chi connectivity index (χ2v) is 11.8. The van der Waals surface area contributed by atoms with Crippen molar-refractivity contribution in [3.8, 4) is 11.5 Å². The molecule has 2 N–H and O–H groups in total. The van der Waals surface area contributed by atoms with Gasteiger partial charge in [0.15, 0.2) is 0 Å².